The summed E-state index contributed by atoms with van der Waals surface area (Å²) in [5.74, 6) is -0.196. The van der Waals surface area contributed by atoms with Crippen LogP contribution in [0, 0.1) is 5.41 Å². The smallest absolute Gasteiger partial charge is 0.339 e. The van der Waals surface area contributed by atoms with Crippen LogP contribution in [0.2, 0.25) is 0 Å². The molecule has 3 heterocycles. The van der Waals surface area contributed by atoms with Gasteiger partial charge in [-0.1, -0.05) is 13.8 Å². The highest BCUT2D eigenvalue weighted by Crippen LogP contribution is 2.60. The van der Waals surface area contributed by atoms with Crippen LogP contribution in [0.25, 0.3) is 11.2 Å². The highest BCUT2D eigenvalue weighted by Gasteiger charge is 2.53. The number of rotatable bonds is 7. The van der Waals surface area contributed by atoms with Gasteiger partial charge in [0.05, 0.1) is 0 Å². The molecule has 4 aliphatic rings. The number of carboxylic acid groups (broad SMARTS) is 1. The van der Waals surface area contributed by atoms with Crippen LogP contribution in [0.1, 0.15) is 71.0 Å². The molecule has 0 aromatic carbocycles. The van der Waals surface area contributed by atoms with Crippen molar-refractivity contribution in [1.29, 1.82) is 0 Å². The lowest BCUT2D eigenvalue weighted by Crippen LogP contribution is -2.47. The highest BCUT2D eigenvalue weighted by atomic mass is 16.7. The largest absolute Gasteiger partial charge is 0.479 e. The van der Waals surface area contributed by atoms with E-state index in [1.165, 1.54) is 4.57 Å². The molecule has 0 saturated heterocycles. The quantitative estimate of drug-likeness (QED) is 0.581. The van der Waals surface area contributed by atoms with Gasteiger partial charge in [-0.3, -0.25) is 24.2 Å². The van der Waals surface area contributed by atoms with E-state index in [1.807, 2.05) is 13.8 Å². The molecule has 10 heteroatoms. The first kappa shape index (κ1) is 21.9. The highest BCUT2D eigenvalue weighted by molar-refractivity contribution is 5.75. The Morgan fingerprint density at radius 3 is 2.27 bits per heavy atom. The van der Waals surface area contributed by atoms with Gasteiger partial charge in [0, 0.05) is 29.6 Å². The topological polar surface area (TPSA) is 131 Å². The first-order chi connectivity index (χ1) is 15.8. The minimum Gasteiger partial charge on any atom is -0.479 e. The van der Waals surface area contributed by atoms with Crippen molar-refractivity contribution in [3.63, 3.8) is 0 Å². The SMILES string of the molecule is CCCn1c(=O)c2[nH]c(C34CCC(C5=CC(C(=O)O)ON5)(CC3)CC4)nc2n(CCC)c1=O. The van der Waals surface area contributed by atoms with Crippen LogP contribution in [-0.4, -0.2) is 36.3 Å². The van der Waals surface area contributed by atoms with Crippen molar-refractivity contribution in [2.75, 3.05) is 0 Å². The van der Waals surface area contributed by atoms with E-state index >= 15 is 0 Å². The Bertz CT molecular complexity index is 1230. The van der Waals surface area contributed by atoms with E-state index in [9.17, 15) is 19.5 Å². The number of H-pyrrole nitrogens is 1. The molecule has 3 saturated carbocycles. The van der Waals surface area contributed by atoms with Crippen molar-refractivity contribution in [3.05, 3.63) is 38.4 Å². The lowest BCUT2D eigenvalue weighted by molar-refractivity contribution is -0.148. The number of aryl methyl sites for hydroxylation is 1. The minimum absolute atomic E-state index is 0.101. The summed E-state index contributed by atoms with van der Waals surface area (Å²) in [5.41, 5.74) is 3.79. The number of hydroxylamine groups is 1. The molecule has 2 aromatic rings. The van der Waals surface area contributed by atoms with Gasteiger partial charge in [0.25, 0.3) is 5.56 Å². The fraction of sp³-hybridized carbons (Fsp3) is 0.652. The Morgan fingerprint density at radius 2 is 1.70 bits per heavy atom. The predicted octanol–water partition coefficient (Wildman–Crippen LogP) is 2.17. The van der Waals surface area contributed by atoms with Crippen LogP contribution < -0.4 is 16.7 Å². The van der Waals surface area contributed by atoms with Crippen molar-refractivity contribution in [3.8, 4) is 0 Å². The maximum atomic E-state index is 13.1. The van der Waals surface area contributed by atoms with Crippen molar-refractivity contribution < 1.29 is 14.7 Å². The Hall–Kier alpha value is -2.88. The molecule has 3 N–H and O–H groups in total. The molecule has 178 valence electrons. The van der Waals surface area contributed by atoms with Crippen LogP contribution in [0.3, 0.4) is 0 Å². The Labute approximate surface area is 190 Å². The summed E-state index contributed by atoms with van der Waals surface area (Å²) in [7, 11) is 0. The zero-order chi connectivity index (χ0) is 23.4. The molecule has 3 fully saturated rings. The number of aromatic nitrogens is 4. The molecule has 2 bridgehead atoms. The number of hydrogen-bond donors (Lipinski definition) is 3. The van der Waals surface area contributed by atoms with Gasteiger partial charge in [0.2, 0.25) is 6.10 Å². The van der Waals surface area contributed by atoms with Crippen LogP contribution in [0.5, 0.6) is 0 Å². The second-order valence-electron chi connectivity index (χ2n) is 9.79. The van der Waals surface area contributed by atoms with Gasteiger partial charge < -0.3 is 10.1 Å². The number of nitrogens with zero attached hydrogens (tertiary/aromatic N) is 3. The maximum Gasteiger partial charge on any atom is 0.339 e. The van der Waals surface area contributed by atoms with Gasteiger partial charge in [-0.2, -0.15) is 0 Å². The second kappa shape index (κ2) is 7.86. The van der Waals surface area contributed by atoms with Gasteiger partial charge >= 0.3 is 11.7 Å². The van der Waals surface area contributed by atoms with Crippen molar-refractivity contribution in [1.82, 2.24) is 24.6 Å². The van der Waals surface area contributed by atoms with E-state index in [-0.39, 0.29) is 22.1 Å². The molecule has 1 aliphatic heterocycles. The van der Waals surface area contributed by atoms with E-state index in [1.54, 1.807) is 10.6 Å². The summed E-state index contributed by atoms with van der Waals surface area (Å²) in [6.07, 6.45) is 7.54. The number of carboxylic acids is 1. The average molecular weight is 458 g/mol. The molecule has 33 heavy (non-hydrogen) atoms. The molecule has 6 rings (SSSR count). The summed E-state index contributed by atoms with van der Waals surface area (Å²) in [6.45, 7) is 4.86. The third-order valence-corrected chi connectivity index (χ3v) is 7.93. The Kier molecular flexibility index (Phi) is 5.23. The summed E-state index contributed by atoms with van der Waals surface area (Å²) < 4.78 is 2.96. The molecule has 10 nitrogen and oxygen atoms in total. The van der Waals surface area contributed by atoms with E-state index in [2.05, 4.69) is 10.5 Å². The predicted molar refractivity (Wildman–Crippen MR) is 121 cm³/mol. The summed E-state index contributed by atoms with van der Waals surface area (Å²) in [6, 6.07) is 0. The van der Waals surface area contributed by atoms with Crippen LogP contribution >= 0.6 is 0 Å². The van der Waals surface area contributed by atoms with E-state index in [0.29, 0.717) is 30.7 Å². The number of carbonyl (C=O) groups is 1. The number of aliphatic carboxylic acids is 1. The minimum atomic E-state index is -0.996. The third-order valence-electron chi connectivity index (χ3n) is 7.93. The number of nitrogens with one attached hydrogen (secondary N) is 2. The zero-order valence-corrected chi connectivity index (χ0v) is 19.1. The number of aromatic amines is 1. The fourth-order valence-electron chi connectivity index (χ4n) is 5.96. The Balaban J connectivity index is 1.50. The summed E-state index contributed by atoms with van der Waals surface area (Å²) >= 11 is 0. The average Bonchev–Trinajstić information content (AvgIpc) is 3.50. The normalized spacial score (nSPS) is 28.8. The van der Waals surface area contributed by atoms with Gasteiger partial charge in [-0.25, -0.2) is 14.6 Å². The molecule has 1 atom stereocenters. The van der Waals surface area contributed by atoms with Gasteiger partial charge in [0.1, 0.15) is 11.3 Å². The standard InChI is InChI=1S/C23H31N5O5/c1-3-11-27-17-16(18(29)28(12-4-2)21(27)32)24-20(25-17)23-8-5-22(6-9-23,7-10-23)15-13-14(19(30)31)33-26-15/h13-14,26H,3-12H2,1-2H3,(H,24,25)(H,30,31). The maximum absolute atomic E-state index is 13.1. The van der Waals surface area contributed by atoms with E-state index in [0.717, 1.165) is 56.5 Å². The van der Waals surface area contributed by atoms with Crippen LogP contribution in [-0.2, 0) is 28.1 Å². The molecule has 0 radical (unpaired) electrons. The number of allylic oxidation sites excluding steroid dienone is 1. The van der Waals surface area contributed by atoms with E-state index < -0.39 is 12.1 Å². The molecular formula is C23H31N5O5. The first-order valence-corrected chi connectivity index (χ1v) is 11.9. The first-order valence-electron chi connectivity index (χ1n) is 11.9. The molecule has 0 amide bonds. The van der Waals surface area contributed by atoms with Gasteiger partial charge in [-0.05, 0) is 57.4 Å². The molecule has 0 spiro atoms. The molecule has 3 aliphatic carbocycles. The van der Waals surface area contributed by atoms with Crippen molar-refractivity contribution >= 4 is 17.1 Å². The van der Waals surface area contributed by atoms with Gasteiger partial charge in [-0.15, -0.1) is 0 Å². The second-order valence-corrected chi connectivity index (χ2v) is 9.79. The number of fused-ring (bicyclic) bond motifs is 4. The van der Waals surface area contributed by atoms with Gasteiger partial charge in [0.15, 0.2) is 5.65 Å². The number of hydrogen-bond acceptors (Lipinski definition) is 6. The summed E-state index contributed by atoms with van der Waals surface area (Å²) in [5, 5.41) is 9.24. The molecular weight excluding hydrogens is 426 g/mol. The fourth-order valence-corrected chi connectivity index (χ4v) is 5.96. The van der Waals surface area contributed by atoms with Crippen molar-refractivity contribution in [2.45, 2.75) is 89.8 Å². The lowest BCUT2D eigenvalue weighted by atomic mass is 9.52. The third kappa shape index (κ3) is 3.25. The zero-order valence-electron chi connectivity index (χ0n) is 19.1. The van der Waals surface area contributed by atoms with Crippen molar-refractivity contribution in [2.24, 2.45) is 5.41 Å². The van der Waals surface area contributed by atoms with Crippen LogP contribution in [0.15, 0.2) is 21.4 Å². The number of imidazole rings is 1. The Morgan fingerprint density at radius 1 is 1.09 bits per heavy atom. The molecule has 2 aromatic heterocycles. The lowest BCUT2D eigenvalue weighted by Gasteiger charge is -2.52. The van der Waals surface area contributed by atoms with Crippen LogP contribution in [0.4, 0.5) is 0 Å². The van der Waals surface area contributed by atoms with E-state index in [4.69, 9.17) is 9.82 Å². The molecule has 1 unspecified atom stereocenters. The summed E-state index contributed by atoms with van der Waals surface area (Å²) in [4.78, 5) is 50.8. The monoisotopic (exact) mass is 457 g/mol.